The predicted octanol–water partition coefficient (Wildman–Crippen LogP) is 2.02. The quantitative estimate of drug-likeness (QED) is 0.807. The molecule has 1 atom stereocenters. The number of carbonyl (C=O) groups is 3. The van der Waals surface area contributed by atoms with Gasteiger partial charge in [-0.05, 0) is 31.5 Å². The molecule has 1 aromatic rings. The molecule has 0 aromatic heterocycles. The Hall–Kier alpha value is -2.08. The standard InChI is InChI=1S/C16H20ClN3O3/c1-3-19-13(15(22)20(4-2)16(19)23)9-14(21)18-10-11-5-7-12(17)8-6-11/h5-8,13H,3-4,9-10H2,1-2H3,(H,18,21)/t13-/m0/s1. The largest absolute Gasteiger partial charge is 0.352 e. The Morgan fingerprint density at radius 1 is 1.17 bits per heavy atom. The van der Waals surface area contributed by atoms with Crippen LogP contribution in [0.1, 0.15) is 25.8 Å². The second kappa shape index (κ2) is 7.46. The molecule has 1 aliphatic heterocycles. The maximum Gasteiger partial charge on any atom is 0.327 e. The molecule has 124 valence electrons. The molecule has 23 heavy (non-hydrogen) atoms. The maximum atomic E-state index is 12.2. The molecule has 4 amide bonds. The number of likely N-dealkylation sites (N-methyl/N-ethyl adjacent to an activating group) is 2. The van der Waals surface area contributed by atoms with Gasteiger partial charge in [-0.25, -0.2) is 4.79 Å². The van der Waals surface area contributed by atoms with Crippen molar-refractivity contribution in [2.75, 3.05) is 13.1 Å². The Labute approximate surface area is 140 Å². The number of nitrogens with one attached hydrogen (secondary N) is 1. The first-order valence-corrected chi connectivity index (χ1v) is 7.98. The summed E-state index contributed by atoms with van der Waals surface area (Å²) in [5, 5.41) is 3.40. The molecular formula is C16H20ClN3O3. The van der Waals surface area contributed by atoms with E-state index in [2.05, 4.69) is 5.32 Å². The van der Waals surface area contributed by atoms with Crippen LogP contribution in [-0.2, 0) is 16.1 Å². The van der Waals surface area contributed by atoms with Gasteiger partial charge in [0.15, 0.2) is 0 Å². The molecule has 7 heteroatoms. The van der Waals surface area contributed by atoms with Crippen molar-refractivity contribution in [2.24, 2.45) is 0 Å². The third-order valence-corrected chi connectivity index (χ3v) is 4.09. The van der Waals surface area contributed by atoms with Gasteiger partial charge in [0.05, 0.1) is 6.42 Å². The number of halogens is 1. The van der Waals surface area contributed by atoms with Crippen LogP contribution in [0.5, 0.6) is 0 Å². The molecule has 1 aromatic carbocycles. The summed E-state index contributed by atoms with van der Waals surface area (Å²) in [6, 6.07) is 6.11. The number of imide groups is 1. The first-order valence-electron chi connectivity index (χ1n) is 7.61. The molecule has 0 radical (unpaired) electrons. The fourth-order valence-electron chi connectivity index (χ4n) is 2.59. The van der Waals surface area contributed by atoms with Gasteiger partial charge in [0, 0.05) is 24.7 Å². The molecule has 6 nitrogen and oxygen atoms in total. The van der Waals surface area contributed by atoms with Gasteiger partial charge in [-0.3, -0.25) is 14.5 Å². The van der Waals surface area contributed by atoms with E-state index in [1.807, 2.05) is 12.1 Å². The van der Waals surface area contributed by atoms with E-state index in [0.717, 1.165) is 5.56 Å². The molecule has 2 rings (SSSR count). The average Bonchev–Trinajstić information content (AvgIpc) is 2.76. The molecule has 0 aliphatic carbocycles. The lowest BCUT2D eigenvalue weighted by Crippen LogP contribution is -2.39. The van der Waals surface area contributed by atoms with Crippen LogP contribution in [0.4, 0.5) is 4.79 Å². The Kier molecular flexibility index (Phi) is 5.60. The van der Waals surface area contributed by atoms with Crippen LogP contribution in [0.25, 0.3) is 0 Å². The van der Waals surface area contributed by atoms with Crippen molar-refractivity contribution in [3.63, 3.8) is 0 Å². The van der Waals surface area contributed by atoms with Crippen molar-refractivity contribution in [3.8, 4) is 0 Å². The van der Waals surface area contributed by atoms with Gasteiger partial charge in [-0.15, -0.1) is 0 Å². The molecule has 1 aliphatic rings. The van der Waals surface area contributed by atoms with Crippen LogP contribution in [0.15, 0.2) is 24.3 Å². The van der Waals surface area contributed by atoms with Crippen LogP contribution in [-0.4, -0.2) is 46.8 Å². The zero-order valence-corrected chi connectivity index (χ0v) is 14.0. The highest BCUT2D eigenvalue weighted by atomic mass is 35.5. The monoisotopic (exact) mass is 337 g/mol. The fraction of sp³-hybridized carbons (Fsp3) is 0.438. The molecule has 0 unspecified atom stereocenters. The van der Waals surface area contributed by atoms with E-state index >= 15 is 0 Å². The zero-order chi connectivity index (χ0) is 17.0. The predicted molar refractivity (Wildman–Crippen MR) is 86.9 cm³/mol. The normalized spacial score (nSPS) is 17.8. The second-order valence-corrected chi connectivity index (χ2v) is 5.71. The maximum absolute atomic E-state index is 12.2. The average molecular weight is 338 g/mol. The zero-order valence-electron chi connectivity index (χ0n) is 13.2. The third kappa shape index (κ3) is 3.82. The number of benzene rings is 1. The van der Waals surface area contributed by atoms with E-state index < -0.39 is 6.04 Å². The van der Waals surface area contributed by atoms with Crippen LogP contribution in [0.2, 0.25) is 5.02 Å². The van der Waals surface area contributed by atoms with Gasteiger partial charge < -0.3 is 10.2 Å². The number of hydrogen-bond acceptors (Lipinski definition) is 3. The number of carbonyl (C=O) groups excluding carboxylic acids is 3. The summed E-state index contributed by atoms with van der Waals surface area (Å²) in [7, 11) is 0. The Morgan fingerprint density at radius 3 is 2.39 bits per heavy atom. The first kappa shape index (κ1) is 17.3. The summed E-state index contributed by atoms with van der Waals surface area (Å²) in [6.07, 6.45) is -0.0253. The van der Waals surface area contributed by atoms with E-state index in [1.165, 1.54) is 9.80 Å². The van der Waals surface area contributed by atoms with Gasteiger partial charge in [-0.1, -0.05) is 23.7 Å². The molecule has 1 saturated heterocycles. The summed E-state index contributed by atoms with van der Waals surface area (Å²) in [4.78, 5) is 39.0. The van der Waals surface area contributed by atoms with E-state index in [1.54, 1.807) is 26.0 Å². The number of amides is 4. The van der Waals surface area contributed by atoms with Gasteiger partial charge in [-0.2, -0.15) is 0 Å². The van der Waals surface area contributed by atoms with Gasteiger partial charge in [0.2, 0.25) is 5.91 Å². The Morgan fingerprint density at radius 2 is 1.83 bits per heavy atom. The van der Waals surface area contributed by atoms with Gasteiger partial charge in [0.1, 0.15) is 6.04 Å². The summed E-state index contributed by atoms with van der Waals surface area (Å²) in [5.74, 6) is -0.566. The Balaban J connectivity index is 1.94. The highest BCUT2D eigenvalue weighted by Gasteiger charge is 2.44. The van der Waals surface area contributed by atoms with Crippen molar-refractivity contribution in [2.45, 2.75) is 32.9 Å². The molecule has 0 bridgehead atoms. The number of nitrogens with zero attached hydrogens (tertiary/aromatic N) is 2. The van der Waals surface area contributed by atoms with Crippen molar-refractivity contribution in [3.05, 3.63) is 34.9 Å². The van der Waals surface area contributed by atoms with Gasteiger partial charge in [0.25, 0.3) is 5.91 Å². The smallest absolute Gasteiger partial charge is 0.327 e. The summed E-state index contributed by atoms with van der Waals surface area (Å²) >= 11 is 5.81. The summed E-state index contributed by atoms with van der Waals surface area (Å²) < 4.78 is 0. The molecule has 0 saturated carbocycles. The third-order valence-electron chi connectivity index (χ3n) is 3.84. The molecule has 1 N–H and O–H groups in total. The van der Waals surface area contributed by atoms with Crippen LogP contribution >= 0.6 is 11.6 Å². The second-order valence-electron chi connectivity index (χ2n) is 5.27. The van der Waals surface area contributed by atoms with Crippen molar-refractivity contribution in [1.29, 1.82) is 0 Å². The summed E-state index contributed by atoms with van der Waals surface area (Å²) in [5.41, 5.74) is 0.916. The van der Waals surface area contributed by atoms with Crippen LogP contribution < -0.4 is 5.32 Å². The number of urea groups is 1. The number of hydrogen-bond donors (Lipinski definition) is 1. The number of rotatable bonds is 6. The van der Waals surface area contributed by atoms with Crippen molar-refractivity contribution >= 4 is 29.4 Å². The summed E-state index contributed by atoms with van der Waals surface area (Å²) in [6.45, 7) is 4.61. The lowest BCUT2D eigenvalue weighted by molar-refractivity contribution is -0.132. The van der Waals surface area contributed by atoms with E-state index in [9.17, 15) is 14.4 Å². The minimum Gasteiger partial charge on any atom is -0.352 e. The van der Waals surface area contributed by atoms with Crippen molar-refractivity contribution in [1.82, 2.24) is 15.1 Å². The van der Waals surface area contributed by atoms with E-state index in [4.69, 9.17) is 11.6 Å². The van der Waals surface area contributed by atoms with Crippen LogP contribution in [0, 0.1) is 0 Å². The minimum atomic E-state index is -0.710. The highest BCUT2D eigenvalue weighted by Crippen LogP contribution is 2.19. The van der Waals surface area contributed by atoms with E-state index in [0.29, 0.717) is 24.7 Å². The van der Waals surface area contributed by atoms with Crippen molar-refractivity contribution < 1.29 is 14.4 Å². The lowest BCUT2D eigenvalue weighted by atomic mass is 10.1. The molecule has 1 fully saturated rings. The van der Waals surface area contributed by atoms with E-state index in [-0.39, 0.29) is 24.3 Å². The SMILES string of the molecule is CCN1C(=O)[C@H](CC(=O)NCc2ccc(Cl)cc2)N(CC)C1=O. The molecule has 1 heterocycles. The highest BCUT2D eigenvalue weighted by molar-refractivity contribution is 6.30. The Bertz CT molecular complexity index is 603. The topological polar surface area (TPSA) is 69.7 Å². The first-order chi connectivity index (χ1) is 11.0. The van der Waals surface area contributed by atoms with Gasteiger partial charge >= 0.3 is 6.03 Å². The fourth-order valence-corrected chi connectivity index (χ4v) is 2.72. The molecule has 0 spiro atoms. The lowest BCUT2D eigenvalue weighted by Gasteiger charge is -2.19. The van der Waals surface area contributed by atoms with Crippen LogP contribution in [0.3, 0.4) is 0 Å². The molecular weight excluding hydrogens is 318 g/mol. The minimum absolute atomic E-state index is 0.0253.